The molecule has 17 heavy (non-hydrogen) atoms. The maximum atomic E-state index is 9.02. The first-order valence-corrected chi connectivity index (χ1v) is 6.73. The summed E-state index contributed by atoms with van der Waals surface area (Å²) < 4.78 is 0. The van der Waals surface area contributed by atoms with Gasteiger partial charge in [-0.15, -0.1) is 11.3 Å². The molecule has 0 atom stereocenters. The normalized spacial score (nSPS) is 14.8. The van der Waals surface area contributed by atoms with E-state index in [0.717, 1.165) is 18.7 Å². The highest BCUT2D eigenvalue weighted by Crippen LogP contribution is 2.29. The van der Waals surface area contributed by atoms with Crippen molar-refractivity contribution in [2.75, 3.05) is 19.8 Å². The van der Waals surface area contributed by atoms with Crippen LogP contribution >= 0.6 is 11.3 Å². The van der Waals surface area contributed by atoms with Crippen LogP contribution in [0.2, 0.25) is 0 Å². The summed E-state index contributed by atoms with van der Waals surface area (Å²) in [4.78, 5) is 3.60. The number of hydrogen-bond donors (Lipinski definition) is 2. The van der Waals surface area contributed by atoms with Crippen LogP contribution < -0.4 is 0 Å². The van der Waals surface area contributed by atoms with Crippen LogP contribution in [0.25, 0.3) is 0 Å². The summed E-state index contributed by atoms with van der Waals surface area (Å²) >= 11 is 1.69. The highest BCUT2D eigenvalue weighted by Gasteiger charge is 2.28. The molecule has 1 aliphatic carbocycles. The third-order valence-electron chi connectivity index (χ3n) is 2.77. The van der Waals surface area contributed by atoms with Gasteiger partial charge in [-0.25, -0.2) is 0 Å². The summed E-state index contributed by atoms with van der Waals surface area (Å²) in [6, 6.07) is 2.73. The van der Waals surface area contributed by atoms with Crippen molar-refractivity contribution in [3.8, 4) is 11.8 Å². The molecule has 0 radical (unpaired) electrons. The Kier molecular flexibility index (Phi) is 4.57. The van der Waals surface area contributed by atoms with Gasteiger partial charge in [-0.2, -0.15) is 0 Å². The molecule has 1 heterocycles. The van der Waals surface area contributed by atoms with E-state index in [2.05, 4.69) is 22.8 Å². The molecule has 1 aromatic heterocycles. The van der Waals surface area contributed by atoms with Crippen molar-refractivity contribution in [2.45, 2.75) is 25.4 Å². The van der Waals surface area contributed by atoms with Crippen molar-refractivity contribution in [3.05, 3.63) is 21.9 Å². The summed E-state index contributed by atoms with van der Waals surface area (Å²) in [5, 5.41) is 19.7. The Morgan fingerprint density at radius 2 is 2.24 bits per heavy atom. The molecule has 1 aromatic rings. The van der Waals surface area contributed by atoms with Crippen molar-refractivity contribution in [3.63, 3.8) is 0 Å². The molecule has 0 saturated heterocycles. The van der Waals surface area contributed by atoms with E-state index in [4.69, 9.17) is 10.2 Å². The molecule has 0 unspecified atom stereocenters. The van der Waals surface area contributed by atoms with Crippen molar-refractivity contribution in [1.29, 1.82) is 0 Å². The number of rotatable bonds is 5. The van der Waals surface area contributed by atoms with E-state index >= 15 is 0 Å². The van der Waals surface area contributed by atoms with E-state index in [1.165, 1.54) is 17.7 Å². The summed E-state index contributed by atoms with van der Waals surface area (Å²) in [6.07, 6.45) is 2.51. The Bertz CT molecular complexity index is 415. The summed E-state index contributed by atoms with van der Waals surface area (Å²) in [7, 11) is 0. The van der Waals surface area contributed by atoms with Crippen LogP contribution in [0.4, 0.5) is 0 Å². The Morgan fingerprint density at radius 3 is 2.88 bits per heavy atom. The van der Waals surface area contributed by atoms with E-state index in [1.807, 2.05) is 5.38 Å². The fraction of sp³-hybridized carbons (Fsp3) is 0.538. The molecule has 0 aliphatic heterocycles. The fourth-order valence-corrected chi connectivity index (χ4v) is 2.67. The van der Waals surface area contributed by atoms with Gasteiger partial charge >= 0.3 is 0 Å². The largest absolute Gasteiger partial charge is 0.395 e. The first kappa shape index (κ1) is 12.6. The van der Waals surface area contributed by atoms with Crippen molar-refractivity contribution < 1.29 is 10.2 Å². The van der Waals surface area contributed by atoms with Crippen LogP contribution in [-0.2, 0) is 6.54 Å². The van der Waals surface area contributed by atoms with Crippen LogP contribution in [0.3, 0.4) is 0 Å². The molecule has 2 rings (SSSR count). The van der Waals surface area contributed by atoms with E-state index in [0.29, 0.717) is 6.04 Å². The van der Waals surface area contributed by atoms with Crippen LogP contribution in [0.5, 0.6) is 0 Å². The minimum absolute atomic E-state index is 0.0934. The van der Waals surface area contributed by atoms with Gasteiger partial charge in [0, 0.05) is 35.0 Å². The monoisotopic (exact) mass is 251 g/mol. The average Bonchev–Trinajstić information content (AvgIpc) is 3.08. The van der Waals surface area contributed by atoms with Gasteiger partial charge in [-0.05, 0) is 18.9 Å². The maximum absolute atomic E-state index is 9.02. The van der Waals surface area contributed by atoms with E-state index in [1.54, 1.807) is 11.3 Å². The molecule has 92 valence electrons. The zero-order chi connectivity index (χ0) is 12.1. The summed E-state index contributed by atoms with van der Waals surface area (Å²) in [6.45, 7) is 1.78. The van der Waals surface area contributed by atoms with E-state index in [-0.39, 0.29) is 13.2 Å². The third kappa shape index (κ3) is 3.83. The first-order valence-electron chi connectivity index (χ1n) is 5.85. The second-order valence-corrected chi connectivity index (χ2v) is 5.18. The SMILES string of the molecule is OCC#Cc1csc(CN(CCO)C2CC2)c1. The topological polar surface area (TPSA) is 43.7 Å². The van der Waals surface area contributed by atoms with E-state index < -0.39 is 0 Å². The van der Waals surface area contributed by atoms with Gasteiger partial charge < -0.3 is 10.2 Å². The Morgan fingerprint density at radius 1 is 1.41 bits per heavy atom. The predicted octanol–water partition coefficient (Wildman–Crippen LogP) is 1.05. The van der Waals surface area contributed by atoms with Crippen LogP contribution in [0, 0.1) is 11.8 Å². The zero-order valence-electron chi connectivity index (χ0n) is 9.72. The van der Waals surface area contributed by atoms with Crippen molar-refractivity contribution in [2.24, 2.45) is 0 Å². The lowest BCUT2D eigenvalue weighted by atomic mass is 10.3. The number of aliphatic hydroxyl groups is 2. The molecule has 1 fully saturated rings. The highest BCUT2D eigenvalue weighted by molar-refractivity contribution is 7.10. The molecule has 1 saturated carbocycles. The number of aliphatic hydroxyl groups excluding tert-OH is 2. The second-order valence-electron chi connectivity index (χ2n) is 4.19. The van der Waals surface area contributed by atoms with Crippen molar-refractivity contribution in [1.82, 2.24) is 4.90 Å². The summed E-state index contributed by atoms with van der Waals surface area (Å²) in [5.41, 5.74) is 0.971. The van der Waals surface area contributed by atoms with Crippen molar-refractivity contribution >= 4 is 11.3 Å². The summed E-state index contributed by atoms with van der Waals surface area (Å²) in [5.74, 6) is 5.56. The lowest BCUT2D eigenvalue weighted by Gasteiger charge is -2.19. The first-order chi connectivity index (χ1) is 8.33. The van der Waals surface area contributed by atoms with Gasteiger partial charge in [0.05, 0.1) is 6.61 Å². The third-order valence-corrected chi connectivity index (χ3v) is 3.70. The Hall–Kier alpha value is -0.860. The van der Waals surface area contributed by atoms with Gasteiger partial charge in [-0.1, -0.05) is 11.8 Å². The minimum Gasteiger partial charge on any atom is -0.395 e. The standard InChI is InChI=1S/C13H17NO2S/c15-6-1-2-11-8-13(17-10-11)9-14(5-7-16)12-3-4-12/h8,10,12,15-16H,3-7,9H2. The number of nitrogens with zero attached hydrogens (tertiary/aromatic N) is 1. The highest BCUT2D eigenvalue weighted by atomic mass is 32.1. The lowest BCUT2D eigenvalue weighted by molar-refractivity contribution is 0.184. The molecule has 3 nitrogen and oxygen atoms in total. The van der Waals surface area contributed by atoms with Gasteiger partial charge in [0.15, 0.2) is 0 Å². The molecular weight excluding hydrogens is 234 g/mol. The number of hydrogen-bond acceptors (Lipinski definition) is 4. The lowest BCUT2D eigenvalue weighted by Crippen LogP contribution is -2.28. The Balaban J connectivity index is 1.94. The molecule has 1 aliphatic rings. The second kappa shape index (κ2) is 6.18. The van der Waals surface area contributed by atoms with Gasteiger partial charge in [0.25, 0.3) is 0 Å². The molecule has 0 amide bonds. The zero-order valence-corrected chi connectivity index (χ0v) is 10.5. The van der Waals surface area contributed by atoms with Crippen LogP contribution in [-0.4, -0.2) is 40.9 Å². The van der Waals surface area contributed by atoms with E-state index in [9.17, 15) is 0 Å². The Labute approximate surface area is 106 Å². The molecular formula is C13H17NO2S. The molecule has 0 spiro atoms. The maximum Gasteiger partial charge on any atom is 0.104 e. The molecule has 2 N–H and O–H groups in total. The fourth-order valence-electron chi connectivity index (χ4n) is 1.83. The van der Waals surface area contributed by atoms with Crippen LogP contribution in [0.15, 0.2) is 11.4 Å². The number of thiophene rings is 1. The smallest absolute Gasteiger partial charge is 0.104 e. The van der Waals surface area contributed by atoms with Gasteiger partial charge in [0.2, 0.25) is 0 Å². The molecule has 0 bridgehead atoms. The quantitative estimate of drug-likeness (QED) is 0.769. The van der Waals surface area contributed by atoms with Gasteiger partial charge in [0.1, 0.15) is 6.61 Å². The molecule has 4 heteroatoms. The molecule has 0 aromatic carbocycles. The average molecular weight is 251 g/mol. The predicted molar refractivity (Wildman–Crippen MR) is 68.8 cm³/mol. The minimum atomic E-state index is -0.0934. The van der Waals surface area contributed by atoms with Gasteiger partial charge in [-0.3, -0.25) is 4.90 Å². The van der Waals surface area contributed by atoms with Crippen LogP contribution in [0.1, 0.15) is 23.3 Å².